The van der Waals surface area contributed by atoms with Crippen molar-refractivity contribution in [1.29, 1.82) is 0 Å². The zero-order chi connectivity index (χ0) is 17.7. The van der Waals surface area contributed by atoms with Crippen LogP contribution in [-0.2, 0) is 11.2 Å². The molecule has 1 N–H and O–H groups in total. The largest absolute Gasteiger partial charge is 0.480 e. The minimum atomic E-state index is -0.744. The fourth-order valence-corrected chi connectivity index (χ4v) is 3.69. The molecular formula is C20H32N2O2. The van der Waals surface area contributed by atoms with Gasteiger partial charge in [0.25, 0.3) is 0 Å². The molecule has 2 rings (SSSR count). The molecule has 0 saturated carbocycles. The summed E-state index contributed by atoms with van der Waals surface area (Å²) < 4.78 is 0. The Morgan fingerprint density at radius 1 is 1.21 bits per heavy atom. The monoisotopic (exact) mass is 332 g/mol. The summed E-state index contributed by atoms with van der Waals surface area (Å²) in [5, 5.41) is 9.82. The summed E-state index contributed by atoms with van der Waals surface area (Å²) in [5.74, 6) is -0.103. The molecule has 0 radical (unpaired) electrons. The molecule has 0 bridgehead atoms. The number of carbonyl (C=O) groups is 1. The number of benzene rings is 1. The molecule has 1 aromatic carbocycles. The van der Waals surface area contributed by atoms with Crippen LogP contribution in [0.25, 0.3) is 0 Å². The maximum atomic E-state index is 12.0. The first-order chi connectivity index (χ1) is 11.5. The number of carboxylic acids is 1. The molecule has 1 aliphatic heterocycles. The lowest BCUT2D eigenvalue weighted by molar-refractivity contribution is -0.145. The Labute approximate surface area is 146 Å². The van der Waals surface area contributed by atoms with Crippen molar-refractivity contribution >= 4 is 5.97 Å². The summed E-state index contributed by atoms with van der Waals surface area (Å²) >= 11 is 0. The standard InChI is InChI=1S/C20H32N2O2/c1-5-16-7-9-17(10-8-16)19(20(23)24)22-12-11-21(13-15(3)4)18(6-2)14-22/h7-10,15,18-19H,5-6,11-14H2,1-4H3,(H,23,24). The van der Waals surface area contributed by atoms with E-state index < -0.39 is 12.0 Å². The Bertz CT molecular complexity index is 527. The molecule has 1 heterocycles. The molecule has 1 aliphatic rings. The van der Waals surface area contributed by atoms with Crippen molar-refractivity contribution in [3.8, 4) is 0 Å². The van der Waals surface area contributed by atoms with Gasteiger partial charge in [0.15, 0.2) is 0 Å². The van der Waals surface area contributed by atoms with Gasteiger partial charge in [0.05, 0.1) is 0 Å². The predicted octanol–water partition coefficient (Wildman–Crippen LogP) is 3.43. The second-order valence-electron chi connectivity index (χ2n) is 7.28. The van der Waals surface area contributed by atoms with Crippen molar-refractivity contribution in [2.24, 2.45) is 5.92 Å². The van der Waals surface area contributed by atoms with Gasteiger partial charge in [-0.05, 0) is 29.9 Å². The third kappa shape index (κ3) is 4.58. The summed E-state index contributed by atoms with van der Waals surface area (Å²) in [7, 11) is 0. The molecule has 134 valence electrons. The van der Waals surface area contributed by atoms with Crippen molar-refractivity contribution in [3.05, 3.63) is 35.4 Å². The summed E-state index contributed by atoms with van der Waals surface area (Å²) in [6.45, 7) is 12.5. The number of aliphatic carboxylic acids is 1. The smallest absolute Gasteiger partial charge is 0.325 e. The zero-order valence-electron chi connectivity index (χ0n) is 15.5. The number of hydrogen-bond donors (Lipinski definition) is 1. The highest BCUT2D eigenvalue weighted by molar-refractivity contribution is 5.75. The molecule has 0 amide bonds. The van der Waals surface area contributed by atoms with E-state index in [4.69, 9.17) is 0 Å². The lowest BCUT2D eigenvalue weighted by Crippen LogP contribution is -2.55. The third-order valence-corrected chi connectivity index (χ3v) is 5.01. The van der Waals surface area contributed by atoms with Crippen LogP contribution in [0.1, 0.15) is 51.3 Å². The van der Waals surface area contributed by atoms with E-state index in [1.807, 2.05) is 12.1 Å². The molecule has 2 unspecified atom stereocenters. The molecule has 2 atom stereocenters. The number of rotatable bonds is 7. The molecule has 0 aliphatic carbocycles. The van der Waals surface area contributed by atoms with Crippen LogP contribution in [0.4, 0.5) is 0 Å². The van der Waals surface area contributed by atoms with Gasteiger partial charge in [-0.3, -0.25) is 14.6 Å². The molecule has 1 saturated heterocycles. The van der Waals surface area contributed by atoms with Crippen LogP contribution in [0.5, 0.6) is 0 Å². The Balaban J connectivity index is 2.15. The van der Waals surface area contributed by atoms with E-state index in [1.165, 1.54) is 5.56 Å². The van der Waals surface area contributed by atoms with Crippen LogP contribution >= 0.6 is 0 Å². The van der Waals surface area contributed by atoms with E-state index >= 15 is 0 Å². The van der Waals surface area contributed by atoms with Gasteiger partial charge in [-0.15, -0.1) is 0 Å². The zero-order valence-corrected chi connectivity index (χ0v) is 15.5. The first-order valence-corrected chi connectivity index (χ1v) is 9.25. The second kappa shape index (κ2) is 8.63. The van der Waals surface area contributed by atoms with Gasteiger partial charge >= 0.3 is 5.97 Å². The Morgan fingerprint density at radius 3 is 2.38 bits per heavy atom. The highest BCUT2D eigenvalue weighted by atomic mass is 16.4. The number of nitrogens with zero attached hydrogens (tertiary/aromatic N) is 2. The van der Waals surface area contributed by atoms with Gasteiger partial charge in [0, 0.05) is 32.2 Å². The highest BCUT2D eigenvalue weighted by Crippen LogP contribution is 2.26. The van der Waals surface area contributed by atoms with E-state index in [-0.39, 0.29) is 0 Å². The van der Waals surface area contributed by atoms with E-state index in [0.717, 1.165) is 44.6 Å². The van der Waals surface area contributed by atoms with Gasteiger partial charge in [-0.1, -0.05) is 52.0 Å². The maximum absolute atomic E-state index is 12.0. The van der Waals surface area contributed by atoms with Gasteiger partial charge in [-0.25, -0.2) is 0 Å². The molecule has 1 fully saturated rings. The summed E-state index contributed by atoms with van der Waals surface area (Å²) in [6, 6.07) is 7.98. The minimum absolute atomic E-state index is 0.443. The van der Waals surface area contributed by atoms with Crippen LogP contribution in [0.15, 0.2) is 24.3 Å². The fraction of sp³-hybridized carbons (Fsp3) is 0.650. The Kier molecular flexibility index (Phi) is 6.81. The van der Waals surface area contributed by atoms with Crippen molar-refractivity contribution in [1.82, 2.24) is 9.80 Å². The van der Waals surface area contributed by atoms with Crippen molar-refractivity contribution < 1.29 is 9.90 Å². The molecule has 24 heavy (non-hydrogen) atoms. The summed E-state index contributed by atoms with van der Waals surface area (Å²) in [6.07, 6.45) is 2.04. The van der Waals surface area contributed by atoms with Crippen molar-refractivity contribution in [2.75, 3.05) is 26.2 Å². The van der Waals surface area contributed by atoms with E-state index in [0.29, 0.717) is 12.0 Å². The molecule has 1 aromatic rings. The van der Waals surface area contributed by atoms with E-state index in [2.05, 4.69) is 49.6 Å². The molecule has 4 heteroatoms. The van der Waals surface area contributed by atoms with Crippen molar-refractivity contribution in [3.63, 3.8) is 0 Å². The first-order valence-electron chi connectivity index (χ1n) is 9.25. The van der Waals surface area contributed by atoms with E-state index in [9.17, 15) is 9.90 Å². The average Bonchev–Trinajstić information content (AvgIpc) is 2.56. The molecule has 0 aromatic heterocycles. The van der Waals surface area contributed by atoms with E-state index in [1.54, 1.807) is 0 Å². The Hall–Kier alpha value is -1.39. The quantitative estimate of drug-likeness (QED) is 0.831. The predicted molar refractivity (Wildman–Crippen MR) is 98.3 cm³/mol. The summed E-state index contributed by atoms with van der Waals surface area (Å²) in [4.78, 5) is 16.6. The maximum Gasteiger partial charge on any atom is 0.325 e. The number of piperazine rings is 1. The topological polar surface area (TPSA) is 43.8 Å². The normalized spacial score (nSPS) is 21.1. The lowest BCUT2D eigenvalue weighted by Gasteiger charge is -2.44. The van der Waals surface area contributed by atoms with Gasteiger partial charge in [0.1, 0.15) is 6.04 Å². The minimum Gasteiger partial charge on any atom is -0.480 e. The van der Waals surface area contributed by atoms with Crippen LogP contribution in [0.3, 0.4) is 0 Å². The molecule has 0 spiro atoms. The SMILES string of the molecule is CCc1ccc(C(C(=O)O)N2CCN(CC(C)C)C(CC)C2)cc1. The van der Waals surface area contributed by atoms with Gasteiger partial charge in [-0.2, -0.15) is 0 Å². The number of hydrogen-bond acceptors (Lipinski definition) is 3. The van der Waals surface area contributed by atoms with Gasteiger partial charge in [0.2, 0.25) is 0 Å². The third-order valence-electron chi connectivity index (χ3n) is 5.01. The van der Waals surface area contributed by atoms with Crippen molar-refractivity contribution in [2.45, 2.75) is 52.6 Å². The lowest BCUT2D eigenvalue weighted by atomic mass is 9.99. The van der Waals surface area contributed by atoms with Crippen LogP contribution < -0.4 is 0 Å². The second-order valence-corrected chi connectivity index (χ2v) is 7.28. The first kappa shape index (κ1) is 18.9. The fourth-order valence-electron chi connectivity index (χ4n) is 3.69. The number of aryl methyl sites for hydroxylation is 1. The summed E-state index contributed by atoms with van der Waals surface area (Å²) in [5.41, 5.74) is 2.14. The number of carboxylic acid groups (broad SMARTS) is 1. The molecular weight excluding hydrogens is 300 g/mol. The van der Waals surface area contributed by atoms with Crippen LogP contribution in [0, 0.1) is 5.92 Å². The van der Waals surface area contributed by atoms with Crippen LogP contribution in [0.2, 0.25) is 0 Å². The van der Waals surface area contributed by atoms with Crippen LogP contribution in [-0.4, -0.2) is 53.1 Å². The molecule has 4 nitrogen and oxygen atoms in total. The van der Waals surface area contributed by atoms with Gasteiger partial charge < -0.3 is 5.11 Å². The Morgan fingerprint density at radius 2 is 1.88 bits per heavy atom. The average molecular weight is 332 g/mol. The highest BCUT2D eigenvalue weighted by Gasteiger charge is 2.34.